The number of imidazole rings is 1. The van der Waals surface area contributed by atoms with Crippen LogP contribution in [0.15, 0.2) is 60.2 Å². The number of hydrogen-bond donors (Lipinski definition) is 0. The lowest BCUT2D eigenvalue weighted by atomic mass is 10.1. The Morgan fingerprint density at radius 3 is 2.69 bits per heavy atom. The summed E-state index contributed by atoms with van der Waals surface area (Å²) in [5, 5.41) is 0. The maximum Gasteiger partial charge on any atom is 0.242 e. The van der Waals surface area contributed by atoms with Gasteiger partial charge >= 0.3 is 0 Å². The van der Waals surface area contributed by atoms with E-state index in [1.807, 2.05) is 24.9 Å². The summed E-state index contributed by atoms with van der Waals surface area (Å²) in [6.45, 7) is 1.06. The number of nitrogens with zero attached hydrogens (tertiary/aromatic N) is 4. The molecule has 2 rings (SSSR count). The first-order chi connectivity index (χ1) is 12.3. The molecule has 8 heteroatoms. The van der Waals surface area contributed by atoms with Crippen molar-refractivity contribution in [3.8, 4) is 0 Å². The van der Waals surface area contributed by atoms with E-state index in [9.17, 15) is 13.2 Å². The zero-order chi connectivity index (χ0) is 19.2. The van der Waals surface area contributed by atoms with Crippen molar-refractivity contribution in [2.45, 2.75) is 17.9 Å². The van der Waals surface area contributed by atoms with Crippen LogP contribution < -0.4 is 0 Å². The zero-order valence-corrected chi connectivity index (χ0v) is 16.1. The van der Waals surface area contributed by atoms with Gasteiger partial charge in [0.1, 0.15) is 0 Å². The first-order valence-electron chi connectivity index (χ1n) is 8.22. The third kappa shape index (κ3) is 5.27. The fraction of sp³-hybridized carbons (Fsp3) is 0.333. The normalized spacial score (nSPS) is 12.0. The van der Waals surface area contributed by atoms with Gasteiger partial charge in [-0.1, -0.05) is 12.1 Å². The molecule has 140 valence electrons. The monoisotopic (exact) mass is 376 g/mol. The summed E-state index contributed by atoms with van der Waals surface area (Å²) in [4.78, 5) is 18.0. The SMILES string of the molecule is CN(C)/C=C/C(=O)c1cccc(S(=O)(=O)N(C)CCCn2ccnc2)c1. The molecule has 0 fully saturated rings. The Hall–Kier alpha value is -2.45. The Bertz CT molecular complexity index is 858. The molecular weight excluding hydrogens is 352 g/mol. The van der Waals surface area contributed by atoms with E-state index in [1.54, 1.807) is 42.8 Å². The second kappa shape index (κ2) is 8.77. The molecule has 26 heavy (non-hydrogen) atoms. The Kier molecular flexibility index (Phi) is 6.70. The number of benzene rings is 1. The summed E-state index contributed by atoms with van der Waals surface area (Å²) >= 11 is 0. The van der Waals surface area contributed by atoms with Gasteiger partial charge in [0, 0.05) is 64.5 Å². The minimum Gasteiger partial charge on any atom is -0.383 e. The molecule has 1 aromatic carbocycles. The van der Waals surface area contributed by atoms with Crippen molar-refractivity contribution in [1.82, 2.24) is 18.8 Å². The summed E-state index contributed by atoms with van der Waals surface area (Å²) in [6, 6.07) is 6.13. The van der Waals surface area contributed by atoms with Crippen LogP contribution in [-0.2, 0) is 16.6 Å². The first kappa shape index (κ1) is 19.9. The summed E-state index contributed by atoms with van der Waals surface area (Å²) in [5.41, 5.74) is 0.344. The van der Waals surface area contributed by atoms with Gasteiger partial charge in [0.25, 0.3) is 0 Å². The molecule has 1 heterocycles. The topological polar surface area (TPSA) is 75.5 Å². The first-order valence-corrected chi connectivity index (χ1v) is 9.66. The van der Waals surface area contributed by atoms with Crippen LogP contribution in [-0.4, -0.2) is 60.6 Å². The van der Waals surface area contributed by atoms with E-state index >= 15 is 0 Å². The summed E-state index contributed by atoms with van der Waals surface area (Å²) in [5.74, 6) is -0.237. The minimum absolute atomic E-state index is 0.117. The van der Waals surface area contributed by atoms with E-state index < -0.39 is 10.0 Å². The van der Waals surface area contributed by atoms with E-state index in [2.05, 4.69) is 4.98 Å². The summed E-state index contributed by atoms with van der Waals surface area (Å²) in [6.07, 6.45) is 8.94. The minimum atomic E-state index is -3.65. The maximum absolute atomic E-state index is 12.7. The molecule has 0 saturated carbocycles. The predicted octanol–water partition coefficient (Wildman–Crippen LogP) is 1.85. The lowest BCUT2D eigenvalue weighted by molar-refractivity contribution is 0.104. The molecule has 0 N–H and O–H groups in total. The van der Waals surface area contributed by atoms with E-state index in [-0.39, 0.29) is 10.7 Å². The fourth-order valence-electron chi connectivity index (χ4n) is 2.32. The van der Waals surface area contributed by atoms with Crippen molar-refractivity contribution < 1.29 is 13.2 Å². The number of sulfonamides is 1. The molecule has 0 saturated heterocycles. The number of aryl methyl sites for hydroxylation is 1. The quantitative estimate of drug-likeness (QED) is 0.493. The average Bonchev–Trinajstić information content (AvgIpc) is 3.13. The number of ketones is 1. The van der Waals surface area contributed by atoms with Crippen LogP contribution in [0, 0.1) is 0 Å². The standard InChI is InChI=1S/C18H24N4O3S/c1-20(2)12-8-18(23)16-6-4-7-17(14-16)26(24,25)21(3)10-5-11-22-13-9-19-15-22/h4,6-9,12-15H,5,10-11H2,1-3H3/b12-8+. The van der Waals surface area contributed by atoms with Crippen LogP contribution in [0.4, 0.5) is 0 Å². The molecule has 7 nitrogen and oxygen atoms in total. The number of carbonyl (C=O) groups is 1. The van der Waals surface area contributed by atoms with Gasteiger partial charge in [-0.2, -0.15) is 0 Å². The van der Waals surface area contributed by atoms with E-state index in [0.717, 1.165) is 0 Å². The summed E-state index contributed by atoms with van der Waals surface area (Å²) in [7, 11) is 1.52. The van der Waals surface area contributed by atoms with Gasteiger partial charge in [0.15, 0.2) is 5.78 Å². The highest BCUT2D eigenvalue weighted by Gasteiger charge is 2.21. The molecule has 0 spiro atoms. The third-order valence-electron chi connectivity index (χ3n) is 3.80. The highest BCUT2D eigenvalue weighted by atomic mass is 32.2. The van der Waals surface area contributed by atoms with Crippen molar-refractivity contribution >= 4 is 15.8 Å². The Morgan fingerprint density at radius 1 is 1.27 bits per heavy atom. The van der Waals surface area contributed by atoms with Crippen LogP contribution in [0.25, 0.3) is 0 Å². The number of rotatable bonds is 9. The van der Waals surface area contributed by atoms with E-state index in [4.69, 9.17) is 0 Å². The fourth-order valence-corrected chi connectivity index (χ4v) is 3.57. The van der Waals surface area contributed by atoms with E-state index in [0.29, 0.717) is 25.1 Å². The Balaban J connectivity index is 2.07. The van der Waals surface area contributed by atoms with Crippen molar-refractivity contribution in [3.05, 3.63) is 60.8 Å². The van der Waals surface area contributed by atoms with E-state index in [1.165, 1.54) is 22.5 Å². The highest BCUT2D eigenvalue weighted by Crippen LogP contribution is 2.17. The molecule has 0 aliphatic heterocycles. The second-order valence-corrected chi connectivity index (χ2v) is 8.20. The number of hydrogen-bond acceptors (Lipinski definition) is 5. The Labute approximate surface area is 154 Å². The molecule has 2 aromatic rings. The van der Waals surface area contributed by atoms with Crippen molar-refractivity contribution in [2.75, 3.05) is 27.7 Å². The van der Waals surface area contributed by atoms with Gasteiger partial charge in [0.2, 0.25) is 10.0 Å². The van der Waals surface area contributed by atoms with Gasteiger partial charge < -0.3 is 9.47 Å². The molecule has 0 aliphatic carbocycles. The molecule has 0 atom stereocenters. The van der Waals surface area contributed by atoms with Crippen LogP contribution in [0.5, 0.6) is 0 Å². The average molecular weight is 376 g/mol. The molecule has 0 aliphatic rings. The molecule has 0 amide bonds. The maximum atomic E-state index is 12.7. The van der Waals surface area contributed by atoms with Crippen LogP contribution in [0.1, 0.15) is 16.8 Å². The number of carbonyl (C=O) groups excluding carboxylic acids is 1. The van der Waals surface area contributed by atoms with Crippen molar-refractivity contribution in [3.63, 3.8) is 0 Å². The number of allylic oxidation sites excluding steroid dienone is 1. The smallest absolute Gasteiger partial charge is 0.242 e. The lowest BCUT2D eigenvalue weighted by Crippen LogP contribution is -2.28. The number of aromatic nitrogens is 2. The highest BCUT2D eigenvalue weighted by molar-refractivity contribution is 7.89. The molecule has 0 radical (unpaired) electrons. The lowest BCUT2D eigenvalue weighted by Gasteiger charge is -2.17. The van der Waals surface area contributed by atoms with Crippen LogP contribution >= 0.6 is 0 Å². The van der Waals surface area contributed by atoms with Gasteiger partial charge in [0.05, 0.1) is 11.2 Å². The van der Waals surface area contributed by atoms with Crippen LogP contribution in [0.2, 0.25) is 0 Å². The molecule has 1 aromatic heterocycles. The van der Waals surface area contributed by atoms with Crippen molar-refractivity contribution in [2.24, 2.45) is 0 Å². The summed E-state index contributed by atoms with van der Waals surface area (Å²) < 4.78 is 28.7. The Morgan fingerprint density at radius 2 is 2.04 bits per heavy atom. The largest absolute Gasteiger partial charge is 0.383 e. The molecular formula is C18H24N4O3S. The molecule has 0 bridgehead atoms. The van der Waals surface area contributed by atoms with Gasteiger partial charge in [-0.25, -0.2) is 17.7 Å². The van der Waals surface area contributed by atoms with Gasteiger partial charge in [-0.15, -0.1) is 0 Å². The van der Waals surface area contributed by atoms with Gasteiger partial charge in [-0.05, 0) is 18.6 Å². The third-order valence-corrected chi connectivity index (χ3v) is 5.65. The van der Waals surface area contributed by atoms with Gasteiger partial charge in [-0.3, -0.25) is 4.79 Å². The zero-order valence-electron chi connectivity index (χ0n) is 15.2. The predicted molar refractivity (Wildman–Crippen MR) is 100 cm³/mol. The second-order valence-electron chi connectivity index (χ2n) is 6.15. The molecule has 0 unspecified atom stereocenters. The van der Waals surface area contributed by atoms with Crippen molar-refractivity contribution in [1.29, 1.82) is 0 Å². The van der Waals surface area contributed by atoms with Crippen LogP contribution in [0.3, 0.4) is 0 Å².